The second kappa shape index (κ2) is 6.23. The fourth-order valence-corrected chi connectivity index (χ4v) is 2.79. The van der Waals surface area contributed by atoms with Crippen molar-refractivity contribution in [3.8, 4) is 0 Å². The first-order chi connectivity index (χ1) is 10.6. The van der Waals surface area contributed by atoms with Crippen molar-refractivity contribution in [3.05, 3.63) is 47.8 Å². The van der Waals surface area contributed by atoms with Crippen molar-refractivity contribution in [2.45, 2.75) is 18.4 Å². The van der Waals surface area contributed by atoms with Crippen molar-refractivity contribution >= 4 is 5.91 Å². The van der Waals surface area contributed by atoms with Gasteiger partial charge in [-0.2, -0.15) is 0 Å². The van der Waals surface area contributed by atoms with Gasteiger partial charge in [-0.15, -0.1) is 14.7 Å². The highest BCUT2D eigenvalue weighted by molar-refractivity contribution is 5.94. The fraction of sp³-hybridized carbons (Fsp3) is 0.400. The summed E-state index contributed by atoms with van der Waals surface area (Å²) in [6.07, 6.45) is 2.41. The molecule has 7 heteroatoms. The number of piperidine rings is 1. The number of halogens is 1. The average molecular weight is 303 g/mol. The average Bonchev–Trinajstić information content (AvgIpc) is 2.94. The summed E-state index contributed by atoms with van der Waals surface area (Å²) in [5.41, 5.74) is 1.35. The van der Waals surface area contributed by atoms with Crippen LogP contribution in [0.15, 0.2) is 36.5 Å². The zero-order chi connectivity index (χ0) is 15.5. The van der Waals surface area contributed by atoms with Crippen LogP contribution in [0.25, 0.3) is 0 Å². The molecule has 0 spiro atoms. The summed E-state index contributed by atoms with van der Waals surface area (Å²) in [6, 6.07) is 8.60. The summed E-state index contributed by atoms with van der Waals surface area (Å²) in [5.74, 6) is -0.233. The molecule has 1 aromatic heterocycles. The Morgan fingerprint density at radius 3 is 2.82 bits per heavy atom. The van der Waals surface area contributed by atoms with Gasteiger partial charge in [-0.1, -0.05) is 23.4 Å². The lowest BCUT2D eigenvalue weighted by Crippen LogP contribution is -2.49. The van der Waals surface area contributed by atoms with E-state index in [1.165, 1.54) is 0 Å². The summed E-state index contributed by atoms with van der Waals surface area (Å²) in [7, 11) is 1.79. The molecule has 0 aliphatic carbocycles. The maximum Gasteiger partial charge on any atom is 0.251 e. The van der Waals surface area contributed by atoms with Gasteiger partial charge in [0.25, 0.3) is 5.91 Å². The van der Waals surface area contributed by atoms with E-state index in [0.29, 0.717) is 18.5 Å². The Morgan fingerprint density at radius 1 is 1.36 bits per heavy atom. The van der Waals surface area contributed by atoms with E-state index in [4.69, 9.17) is 0 Å². The van der Waals surface area contributed by atoms with Crippen molar-refractivity contribution in [1.82, 2.24) is 25.4 Å². The zero-order valence-electron chi connectivity index (χ0n) is 12.3. The SMILES string of the molecule is Cn1cc(C2CCN(F)C[C@@H]2NC(=O)c2ccccc2)nn1. The number of nitrogens with one attached hydrogen (secondary N) is 1. The Labute approximate surface area is 127 Å². The molecule has 1 N–H and O–H groups in total. The first kappa shape index (κ1) is 14.6. The van der Waals surface area contributed by atoms with Gasteiger partial charge in [0.2, 0.25) is 0 Å². The van der Waals surface area contributed by atoms with E-state index in [1.54, 1.807) is 36.0 Å². The smallest absolute Gasteiger partial charge is 0.251 e. The highest BCUT2D eigenvalue weighted by Gasteiger charge is 2.33. The number of rotatable bonds is 3. The van der Waals surface area contributed by atoms with E-state index in [9.17, 15) is 9.28 Å². The molecule has 1 fully saturated rings. The molecule has 0 radical (unpaired) electrons. The zero-order valence-corrected chi connectivity index (χ0v) is 12.3. The maximum absolute atomic E-state index is 13.6. The van der Waals surface area contributed by atoms with Gasteiger partial charge in [0.15, 0.2) is 0 Å². The number of hydrogen-bond acceptors (Lipinski definition) is 4. The van der Waals surface area contributed by atoms with Gasteiger partial charge in [-0.3, -0.25) is 9.48 Å². The molecular weight excluding hydrogens is 285 g/mol. The Kier molecular flexibility index (Phi) is 4.15. The number of amides is 1. The number of aryl methyl sites for hydroxylation is 1. The van der Waals surface area contributed by atoms with Gasteiger partial charge in [0.1, 0.15) is 0 Å². The van der Waals surface area contributed by atoms with Crippen molar-refractivity contribution in [1.29, 1.82) is 0 Å². The molecule has 1 aromatic carbocycles. The molecule has 22 heavy (non-hydrogen) atoms. The fourth-order valence-electron chi connectivity index (χ4n) is 2.79. The summed E-state index contributed by atoms with van der Waals surface area (Å²) in [4.78, 5) is 12.3. The van der Waals surface area contributed by atoms with Crippen LogP contribution in [0.1, 0.15) is 28.4 Å². The van der Waals surface area contributed by atoms with Crippen molar-refractivity contribution in [2.24, 2.45) is 7.05 Å². The minimum absolute atomic E-state index is 0.0339. The normalized spacial score (nSPS) is 22.5. The predicted octanol–water partition coefficient (Wildman–Crippen LogP) is 1.29. The Morgan fingerprint density at radius 2 is 2.14 bits per heavy atom. The monoisotopic (exact) mass is 303 g/mol. The molecule has 6 nitrogen and oxygen atoms in total. The van der Waals surface area contributed by atoms with Crippen LogP contribution >= 0.6 is 0 Å². The van der Waals surface area contributed by atoms with E-state index < -0.39 is 0 Å². The molecule has 116 valence electrons. The highest BCUT2D eigenvalue weighted by atomic mass is 19.2. The van der Waals surface area contributed by atoms with E-state index in [-0.39, 0.29) is 24.4 Å². The van der Waals surface area contributed by atoms with Gasteiger partial charge in [0, 0.05) is 37.8 Å². The molecule has 1 aliphatic heterocycles. The Hall–Kier alpha value is -2.28. The van der Waals surface area contributed by atoms with Crippen LogP contribution in [0.4, 0.5) is 4.48 Å². The summed E-state index contributed by atoms with van der Waals surface area (Å²) < 4.78 is 15.2. The maximum atomic E-state index is 13.6. The van der Waals surface area contributed by atoms with Crippen LogP contribution in [0, 0.1) is 0 Å². The van der Waals surface area contributed by atoms with Gasteiger partial charge < -0.3 is 5.32 Å². The molecule has 1 saturated heterocycles. The van der Waals surface area contributed by atoms with Crippen LogP contribution in [-0.2, 0) is 7.05 Å². The number of aromatic nitrogens is 3. The first-order valence-electron chi connectivity index (χ1n) is 7.26. The molecule has 2 heterocycles. The molecule has 1 amide bonds. The topological polar surface area (TPSA) is 63.0 Å². The second-order valence-electron chi connectivity index (χ2n) is 5.53. The molecule has 2 atom stereocenters. The molecule has 3 rings (SSSR count). The lowest BCUT2D eigenvalue weighted by Gasteiger charge is -2.33. The van der Waals surface area contributed by atoms with Crippen molar-refractivity contribution in [3.63, 3.8) is 0 Å². The van der Waals surface area contributed by atoms with Crippen LogP contribution in [0.2, 0.25) is 0 Å². The number of benzene rings is 1. The largest absolute Gasteiger partial charge is 0.347 e. The molecule has 2 aromatic rings. The summed E-state index contributed by atoms with van der Waals surface area (Å²) in [5, 5.41) is 11.7. The van der Waals surface area contributed by atoms with Crippen LogP contribution in [0.5, 0.6) is 0 Å². The molecular formula is C15H18FN5O. The number of carbonyl (C=O) groups excluding carboxylic acids is 1. The van der Waals surface area contributed by atoms with Gasteiger partial charge >= 0.3 is 0 Å². The van der Waals surface area contributed by atoms with E-state index in [2.05, 4.69) is 15.6 Å². The van der Waals surface area contributed by atoms with Crippen LogP contribution < -0.4 is 5.32 Å². The third-order valence-electron chi connectivity index (χ3n) is 3.92. The third kappa shape index (κ3) is 3.14. The third-order valence-corrected chi connectivity index (χ3v) is 3.92. The summed E-state index contributed by atoms with van der Waals surface area (Å²) in [6.45, 7) is 0.485. The Balaban J connectivity index is 1.77. The lowest BCUT2D eigenvalue weighted by atomic mass is 9.89. The van der Waals surface area contributed by atoms with Gasteiger partial charge in [-0.05, 0) is 18.6 Å². The van der Waals surface area contributed by atoms with Crippen molar-refractivity contribution in [2.75, 3.05) is 13.1 Å². The summed E-state index contributed by atoms with van der Waals surface area (Å²) >= 11 is 0. The number of hydrogen-bond donors (Lipinski definition) is 1. The lowest BCUT2D eigenvalue weighted by molar-refractivity contribution is -0.0129. The van der Waals surface area contributed by atoms with E-state index in [0.717, 1.165) is 10.8 Å². The van der Waals surface area contributed by atoms with Crippen LogP contribution in [-0.4, -0.2) is 45.2 Å². The Bertz CT molecular complexity index is 644. The number of carbonyl (C=O) groups is 1. The van der Waals surface area contributed by atoms with Crippen molar-refractivity contribution < 1.29 is 9.28 Å². The quantitative estimate of drug-likeness (QED) is 0.868. The molecule has 0 saturated carbocycles. The minimum Gasteiger partial charge on any atom is -0.347 e. The van der Waals surface area contributed by atoms with Gasteiger partial charge in [0.05, 0.1) is 11.7 Å². The predicted molar refractivity (Wildman–Crippen MR) is 78.7 cm³/mol. The second-order valence-corrected chi connectivity index (χ2v) is 5.53. The van der Waals surface area contributed by atoms with Crippen LogP contribution in [0.3, 0.4) is 0 Å². The molecule has 1 aliphatic rings. The van der Waals surface area contributed by atoms with Gasteiger partial charge in [-0.25, -0.2) is 0 Å². The standard InChI is InChI=1S/C15H18FN5O/c1-20-9-14(18-19-20)12-7-8-21(16)10-13(12)17-15(22)11-5-3-2-4-6-11/h2-6,9,12-13H,7-8,10H2,1H3,(H,17,22)/t12?,13-/m0/s1. The van der Waals surface area contributed by atoms with E-state index >= 15 is 0 Å². The minimum atomic E-state index is -0.330. The molecule has 0 bridgehead atoms. The van der Waals surface area contributed by atoms with E-state index in [1.807, 2.05) is 12.3 Å². The molecule has 1 unspecified atom stereocenters. The highest BCUT2D eigenvalue weighted by Crippen LogP contribution is 2.27. The number of nitrogens with zero attached hydrogens (tertiary/aromatic N) is 4. The first-order valence-corrected chi connectivity index (χ1v) is 7.26.